The van der Waals surface area contributed by atoms with Crippen molar-refractivity contribution in [3.8, 4) is 0 Å². The molecule has 0 spiro atoms. The SMILES string of the molecule is CC(C)(CNc1ccc2n[nH]c(=O)n2n1)C(N)=O. The zero-order valence-corrected chi connectivity index (χ0v) is 10.1. The Morgan fingerprint density at radius 2 is 2.28 bits per heavy atom. The Morgan fingerprint density at radius 3 is 2.94 bits per heavy atom. The summed E-state index contributed by atoms with van der Waals surface area (Å²) < 4.78 is 1.14. The number of amides is 1. The zero-order valence-electron chi connectivity index (χ0n) is 10.1. The number of H-pyrrole nitrogens is 1. The zero-order chi connectivity index (χ0) is 13.3. The van der Waals surface area contributed by atoms with Crippen molar-refractivity contribution in [2.75, 3.05) is 11.9 Å². The van der Waals surface area contributed by atoms with Gasteiger partial charge in [0.1, 0.15) is 5.82 Å². The first kappa shape index (κ1) is 12.1. The number of aromatic amines is 1. The normalized spacial score (nSPS) is 11.7. The van der Waals surface area contributed by atoms with Crippen LogP contribution in [0.25, 0.3) is 5.65 Å². The van der Waals surface area contributed by atoms with Crippen LogP contribution in [0, 0.1) is 5.41 Å². The number of hydrogen-bond donors (Lipinski definition) is 3. The second-order valence-electron chi connectivity index (χ2n) is 4.62. The van der Waals surface area contributed by atoms with Crippen molar-refractivity contribution in [3.05, 3.63) is 22.6 Å². The minimum Gasteiger partial charge on any atom is -0.369 e. The monoisotopic (exact) mass is 250 g/mol. The fraction of sp³-hybridized carbons (Fsp3) is 0.400. The maximum absolute atomic E-state index is 11.3. The molecule has 2 aromatic rings. The third-order valence-corrected chi connectivity index (χ3v) is 2.65. The summed E-state index contributed by atoms with van der Waals surface area (Å²) in [6, 6.07) is 3.32. The van der Waals surface area contributed by atoms with Gasteiger partial charge in [0.25, 0.3) is 0 Å². The van der Waals surface area contributed by atoms with E-state index in [0.717, 1.165) is 4.52 Å². The largest absolute Gasteiger partial charge is 0.369 e. The first-order chi connectivity index (χ1) is 8.40. The highest BCUT2D eigenvalue weighted by Crippen LogP contribution is 2.14. The summed E-state index contributed by atoms with van der Waals surface area (Å²) in [4.78, 5) is 22.5. The van der Waals surface area contributed by atoms with Crippen molar-refractivity contribution < 1.29 is 4.79 Å². The fourth-order valence-corrected chi connectivity index (χ4v) is 1.30. The van der Waals surface area contributed by atoms with E-state index >= 15 is 0 Å². The number of aromatic nitrogens is 4. The summed E-state index contributed by atoms with van der Waals surface area (Å²) in [6.45, 7) is 3.78. The van der Waals surface area contributed by atoms with Crippen LogP contribution >= 0.6 is 0 Å². The lowest BCUT2D eigenvalue weighted by Crippen LogP contribution is -2.37. The molecule has 0 aliphatic heterocycles. The molecule has 96 valence electrons. The first-order valence-corrected chi connectivity index (χ1v) is 5.38. The molecule has 4 N–H and O–H groups in total. The molecule has 0 aromatic carbocycles. The van der Waals surface area contributed by atoms with E-state index in [1.807, 2.05) is 0 Å². The van der Waals surface area contributed by atoms with Crippen molar-refractivity contribution in [1.82, 2.24) is 19.8 Å². The van der Waals surface area contributed by atoms with Gasteiger partial charge < -0.3 is 11.1 Å². The summed E-state index contributed by atoms with van der Waals surface area (Å²) in [7, 11) is 0. The summed E-state index contributed by atoms with van der Waals surface area (Å²) in [5, 5.41) is 13.1. The maximum atomic E-state index is 11.3. The van der Waals surface area contributed by atoms with Crippen LogP contribution in [0.1, 0.15) is 13.8 Å². The number of rotatable bonds is 4. The maximum Gasteiger partial charge on any atom is 0.364 e. The lowest BCUT2D eigenvalue weighted by Gasteiger charge is -2.20. The van der Waals surface area contributed by atoms with Crippen molar-refractivity contribution >= 4 is 17.4 Å². The van der Waals surface area contributed by atoms with Gasteiger partial charge in [-0.15, -0.1) is 5.10 Å². The highest BCUT2D eigenvalue weighted by molar-refractivity contribution is 5.80. The molecule has 0 unspecified atom stereocenters. The summed E-state index contributed by atoms with van der Waals surface area (Å²) in [6.07, 6.45) is 0. The van der Waals surface area contributed by atoms with Gasteiger partial charge in [-0.3, -0.25) is 4.79 Å². The van der Waals surface area contributed by atoms with Gasteiger partial charge in [-0.1, -0.05) is 0 Å². The minimum absolute atomic E-state index is 0.327. The van der Waals surface area contributed by atoms with Crippen LogP contribution in [0.5, 0.6) is 0 Å². The van der Waals surface area contributed by atoms with Crippen molar-refractivity contribution in [2.45, 2.75) is 13.8 Å². The minimum atomic E-state index is -0.696. The molecule has 0 aliphatic rings. The lowest BCUT2D eigenvalue weighted by atomic mass is 9.93. The molecule has 0 saturated heterocycles. The van der Waals surface area contributed by atoms with Gasteiger partial charge in [-0.25, -0.2) is 9.89 Å². The molecular weight excluding hydrogens is 236 g/mol. The Balaban J connectivity index is 2.20. The Morgan fingerprint density at radius 1 is 1.56 bits per heavy atom. The average molecular weight is 250 g/mol. The quantitative estimate of drug-likeness (QED) is 0.665. The molecule has 2 rings (SSSR count). The fourth-order valence-electron chi connectivity index (χ4n) is 1.30. The standard InChI is InChI=1S/C10H14N6O2/c1-10(2,8(11)17)5-12-6-3-4-7-13-14-9(18)16(7)15-6/h3-4H,5H2,1-2H3,(H2,11,17)(H,12,15)(H,14,18). The van der Waals surface area contributed by atoms with E-state index in [1.54, 1.807) is 26.0 Å². The van der Waals surface area contributed by atoms with Crippen LogP contribution in [-0.4, -0.2) is 32.3 Å². The van der Waals surface area contributed by atoms with E-state index in [2.05, 4.69) is 20.6 Å². The van der Waals surface area contributed by atoms with E-state index < -0.39 is 17.0 Å². The topological polar surface area (TPSA) is 118 Å². The van der Waals surface area contributed by atoms with Gasteiger partial charge in [-0.05, 0) is 26.0 Å². The molecular formula is C10H14N6O2. The number of hydrogen-bond acceptors (Lipinski definition) is 5. The van der Waals surface area contributed by atoms with Crippen LogP contribution in [0.4, 0.5) is 5.82 Å². The molecule has 0 aliphatic carbocycles. The number of nitrogens with two attached hydrogens (primary N) is 1. The van der Waals surface area contributed by atoms with E-state index in [9.17, 15) is 9.59 Å². The average Bonchev–Trinajstić information content (AvgIpc) is 2.68. The molecule has 8 heteroatoms. The molecule has 2 heterocycles. The van der Waals surface area contributed by atoms with Crippen LogP contribution in [0.2, 0.25) is 0 Å². The van der Waals surface area contributed by atoms with Crippen molar-refractivity contribution in [2.24, 2.45) is 11.1 Å². The molecule has 0 saturated carbocycles. The Labute approximate surface area is 102 Å². The third kappa shape index (κ3) is 2.17. The molecule has 0 fully saturated rings. The van der Waals surface area contributed by atoms with Crippen molar-refractivity contribution in [1.29, 1.82) is 0 Å². The summed E-state index contributed by atoms with van der Waals surface area (Å²) in [5.41, 5.74) is 4.58. The number of carbonyl (C=O) groups excluding carboxylic acids is 1. The van der Waals surface area contributed by atoms with Crippen LogP contribution < -0.4 is 16.7 Å². The smallest absolute Gasteiger partial charge is 0.364 e. The summed E-state index contributed by atoms with van der Waals surface area (Å²) >= 11 is 0. The number of primary amides is 1. The van der Waals surface area contributed by atoms with Gasteiger partial charge in [0, 0.05) is 6.54 Å². The lowest BCUT2D eigenvalue weighted by molar-refractivity contribution is -0.125. The number of anilines is 1. The summed E-state index contributed by atoms with van der Waals surface area (Å²) in [5.74, 6) is 0.0666. The van der Waals surface area contributed by atoms with Gasteiger partial charge in [-0.2, -0.15) is 9.61 Å². The molecule has 0 radical (unpaired) electrons. The highest BCUT2D eigenvalue weighted by Gasteiger charge is 2.24. The van der Waals surface area contributed by atoms with Crippen LogP contribution in [-0.2, 0) is 4.79 Å². The van der Waals surface area contributed by atoms with Gasteiger partial charge in [0.05, 0.1) is 5.41 Å². The van der Waals surface area contributed by atoms with Gasteiger partial charge in [0.2, 0.25) is 5.91 Å². The van der Waals surface area contributed by atoms with E-state index in [1.165, 1.54) is 0 Å². The second-order valence-corrected chi connectivity index (χ2v) is 4.62. The number of carbonyl (C=O) groups is 1. The van der Waals surface area contributed by atoms with Gasteiger partial charge in [0.15, 0.2) is 5.65 Å². The van der Waals surface area contributed by atoms with E-state index in [-0.39, 0.29) is 0 Å². The Kier molecular flexibility index (Phi) is 2.77. The highest BCUT2D eigenvalue weighted by atomic mass is 16.2. The van der Waals surface area contributed by atoms with Crippen LogP contribution in [0.3, 0.4) is 0 Å². The van der Waals surface area contributed by atoms with Crippen LogP contribution in [0.15, 0.2) is 16.9 Å². The number of nitrogens with one attached hydrogen (secondary N) is 2. The predicted molar refractivity (Wildman–Crippen MR) is 65.1 cm³/mol. The molecule has 1 amide bonds. The molecule has 0 bridgehead atoms. The molecule has 18 heavy (non-hydrogen) atoms. The van der Waals surface area contributed by atoms with Gasteiger partial charge >= 0.3 is 5.69 Å². The molecule has 0 atom stereocenters. The molecule has 8 nitrogen and oxygen atoms in total. The van der Waals surface area contributed by atoms with E-state index in [4.69, 9.17) is 5.73 Å². The van der Waals surface area contributed by atoms with Crippen molar-refractivity contribution in [3.63, 3.8) is 0 Å². The Hall–Kier alpha value is -2.38. The van der Waals surface area contributed by atoms with E-state index in [0.29, 0.717) is 18.0 Å². The Bertz CT molecular complexity index is 641. The number of nitrogens with zero attached hydrogens (tertiary/aromatic N) is 3. The predicted octanol–water partition coefficient (Wildman–Crippen LogP) is -0.659. The third-order valence-electron chi connectivity index (χ3n) is 2.65. The number of fused-ring (bicyclic) bond motifs is 1. The molecule has 2 aromatic heterocycles. The first-order valence-electron chi connectivity index (χ1n) is 5.38. The second kappa shape index (κ2) is 4.13.